The van der Waals surface area contributed by atoms with Gasteiger partial charge in [-0.05, 0) is 18.6 Å². The quantitative estimate of drug-likeness (QED) is 0.686. The molecule has 0 saturated carbocycles. The van der Waals surface area contributed by atoms with Crippen LogP contribution in [-0.4, -0.2) is 22.9 Å². The Bertz CT molecular complexity index is 387. The number of rotatable bonds is 9. The summed E-state index contributed by atoms with van der Waals surface area (Å²) in [6.45, 7) is 3.04. The number of aliphatic hydroxyl groups is 1. The average Bonchev–Trinajstić information content (AvgIpc) is 2.38. The molecule has 4 nitrogen and oxygen atoms in total. The van der Waals surface area contributed by atoms with Crippen LogP contribution in [0.1, 0.15) is 39.0 Å². The lowest BCUT2D eigenvalue weighted by molar-refractivity contribution is 0.268. The second-order valence-corrected chi connectivity index (χ2v) is 4.36. The van der Waals surface area contributed by atoms with Gasteiger partial charge in [-0.1, -0.05) is 32.6 Å². The lowest BCUT2D eigenvalue weighted by Crippen LogP contribution is -2.22. The zero-order valence-electron chi connectivity index (χ0n) is 11.1. The Morgan fingerprint density at radius 1 is 1.28 bits per heavy atom. The molecule has 0 aliphatic rings. The Morgan fingerprint density at radius 2 is 2.06 bits per heavy atom. The molecule has 0 unspecified atom stereocenters. The molecule has 1 rings (SSSR count). The lowest BCUT2D eigenvalue weighted by atomic mass is 10.2. The van der Waals surface area contributed by atoms with E-state index in [1.807, 2.05) is 0 Å². The van der Waals surface area contributed by atoms with Crippen LogP contribution in [0, 0.1) is 0 Å². The highest BCUT2D eigenvalue weighted by molar-refractivity contribution is 5.17. The third-order valence-electron chi connectivity index (χ3n) is 2.83. The number of hydrogen-bond donors (Lipinski definition) is 1. The van der Waals surface area contributed by atoms with Crippen molar-refractivity contribution in [1.82, 2.24) is 4.57 Å². The summed E-state index contributed by atoms with van der Waals surface area (Å²) in [6.07, 6.45) is 7.50. The zero-order valence-corrected chi connectivity index (χ0v) is 11.1. The van der Waals surface area contributed by atoms with Crippen LogP contribution in [0.15, 0.2) is 23.1 Å². The molecule has 0 fully saturated rings. The average molecular weight is 253 g/mol. The molecule has 0 radical (unpaired) electrons. The van der Waals surface area contributed by atoms with Crippen LogP contribution < -0.4 is 10.3 Å². The molecule has 1 aromatic rings. The first kappa shape index (κ1) is 14.8. The number of aromatic nitrogens is 1. The number of pyridine rings is 1. The van der Waals surface area contributed by atoms with E-state index in [4.69, 9.17) is 9.84 Å². The van der Waals surface area contributed by atoms with Gasteiger partial charge in [-0.3, -0.25) is 4.79 Å². The van der Waals surface area contributed by atoms with Gasteiger partial charge >= 0.3 is 0 Å². The van der Waals surface area contributed by atoms with Crippen molar-refractivity contribution >= 4 is 0 Å². The maximum Gasteiger partial charge on any atom is 0.292 e. The predicted molar refractivity (Wildman–Crippen MR) is 72.0 cm³/mol. The van der Waals surface area contributed by atoms with Crippen LogP contribution in [0.4, 0.5) is 0 Å². The largest absolute Gasteiger partial charge is 0.488 e. The molecule has 0 aliphatic heterocycles. The first-order valence-electron chi connectivity index (χ1n) is 6.72. The first-order valence-corrected chi connectivity index (χ1v) is 6.72. The van der Waals surface area contributed by atoms with Crippen molar-refractivity contribution in [2.45, 2.75) is 45.6 Å². The fourth-order valence-corrected chi connectivity index (χ4v) is 1.80. The number of hydrogen-bond acceptors (Lipinski definition) is 3. The van der Waals surface area contributed by atoms with E-state index in [0.29, 0.717) is 18.9 Å². The fraction of sp³-hybridized carbons (Fsp3) is 0.643. The summed E-state index contributed by atoms with van der Waals surface area (Å²) < 4.78 is 6.95. The molecule has 0 atom stereocenters. The van der Waals surface area contributed by atoms with Gasteiger partial charge in [-0.15, -0.1) is 0 Å². The minimum Gasteiger partial charge on any atom is -0.488 e. The van der Waals surface area contributed by atoms with Crippen LogP contribution >= 0.6 is 0 Å². The van der Waals surface area contributed by atoms with Crippen molar-refractivity contribution in [2.75, 3.05) is 13.2 Å². The van der Waals surface area contributed by atoms with Crippen LogP contribution in [0.3, 0.4) is 0 Å². The van der Waals surface area contributed by atoms with Gasteiger partial charge in [0, 0.05) is 12.7 Å². The van der Waals surface area contributed by atoms with E-state index in [9.17, 15) is 4.79 Å². The zero-order chi connectivity index (χ0) is 13.2. The molecule has 0 amide bonds. The third kappa shape index (κ3) is 4.92. The second kappa shape index (κ2) is 8.75. The normalized spacial score (nSPS) is 10.6. The predicted octanol–water partition coefficient (Wildman–Crippen LogP) is 2.19. The van der Waals surface area contributed by atoms with Crippen LogP contribution in [0.5, 0.6) is 5.75 Å². The van der Waals surface area contributed by atoms with Crippen molar-refractivity contribution in [3.63, 3.8) is 0 Å². The molecule has 1 aromatic heterocycles. The summed E-state index contributed by atoms with van der Waals surface area (Å²) in [5.41, 5.74) is -0.167. The lowest BCUT2D eigenvalue weighted by Gasteiger charge is -2.08. The maximum absolute atomic E-state index is 11.9. The molecule has 1 N–H and O–H groups in total. The summed E-state index contributed by atoms with van der Waals surface area (Å²) in [7, 11) is 0. The molecule has 0 aromatic carbocycles. The molecule has 4 heteroatoms. The monoisotopic (exact) mass is 253 g/mol. The minimum atomic E-state index is -0.167. The molecular weight excluding hydrogens is 230 g/mol. The standard InChI is InChI=1S/C14H23NO3/c1-2-3-4-5-6-12-18-13-8-7-9-15(10-11-16)14(13)17/h7-9,16H,2-6,10-12H2,1H3. The topological polar surface area (TPSA) is 51.5 Å². The number of unbranched alkanes of at least 4 members (excludes halogenated alkanes) is 4. The van der Waals surface area contributed by atoms with Gasteiger partial charge < -0.3 is 14.4 Å². The van der Waals surface area contributed by atoms with E-state index in [0.717, 1.165) is 12.8 Å². The SMILES string of the molecule is CCCCCCCOc1cccn(CCO)c1=O. The van der Waals surface area contributed by atoms with Gasteiger partial charge in [-0.2, -0.15) is 0 Å². The van der Waals surface area contributed by atoms with E-state index in [1.54, 1.807) is 18.3 Å². The van der Waals surface area contributed by atoms with Gasteiger partial charge in [0.15, 0.2) is 5.75 Å². The number of aliphatic hydroxyl groups excluding tert-OH is 1. The summed E-state index contributed by atoms with van der Waals surface area (Å²) in [4.78, 5) is 11.9. The van der Waals surface area contributed by atoms with Crippen molar-refractivity contribution in [3.8, 4) is 5.75 Å². The molecule has 1 heterocycles. The number of ether oxygens (including phenoxy) is 1. The Balaban J connectivity index is 2.38. The highest BCUT2D eigenvalue weighted by Gasteiger charge is 2.03. The minimum absolute atomic E-state index is 0.0413. The van der Waals surface area contributed by atoms with Gasteiger partial charge in [-0.25, -0.2) is 0 Å². The number of nitrogens with zero attached hydrogens (tertiary/aromatic N) is 1. The Morgan fingerprint density at radius 3 is 2.78 bits per heavy atom. The summed E-state index contributed by atoms with van der Waals surface area (Å²) in [6, 6.07) is 3.45. The summed E-state index contributed by atoms with van der Waals surface area (Å²) in [5, 5.41) is 8.83. The third-order valence-corrected chi connectivity index (χ3v) is 2.83. The molecular formula is C14H23NO3. The van der Waals surface area contributed by atoms with Gasteiger partial charge in [0.25, 0.3) is 5.56 Å². The Hall–Kier alpha value is -1.29. The van der Waals surface area contributed by atoms with E-state index in [-0.39, 0.29) is 12.2 Å². The maximum atomic E-state index is 11.9. The first-order chi connectivity index (χ1) is 8.79. The smallest absolute Gasteiger partial charge is 0.292 e. The molecule has 18 heavy (non-hydrogen) atoms. The van der Waals surface area contributed by atoms with E-state index in [1.165, 1.54) is 23.8 Å². The Kier molecular flexibility index (Phi) is 7.18. The molecule has 0 bridgehead atoms. The van der Waals surface area contributed by atoms with E-state index >= 15 is 0 Å². The van der Waals surface area contributed by atoms with E-state index in [2.05, 4.69) is 6.92 Å². The van der Waals surface area contributed by atoms with Gasteiger partial charge in [0.1, 0.15) is 0 Å². The van der Waals surface area contributed by atoms with Crippen LogP contribution in [-0.2, 0) is 6.54 Å². The summed E-state index contributed by atoms with van der Waals surface area (Å²) in [5.74, 6) is 0.376. The van der Waals surface area contributed by atoms with Crippen LogP contribution in [0.25, 0.3) is 0 Å². The summed E-state index contributed by atoms with van der Waals surface area (Å²) >= 11 is 0. The van der Waals surface area contributed by atoms with Crippen molar-refractivity contribution in [1.29, 1.82) is 0 Å². The van der Waals surface area contributed by atoms with Crippen LogP contribution in [0.2, 0.25) is 0 Å². The van der Waals surface area contributed by atoms with Crippen molar-refractivity contribution in [3.05, 3.63) is 28.7 Å². The Labute approximate surface area is 108 Å². The molecule has 0 spiro atoms. The fourth-order valence-electron chi connectivity index (χ4n) is 1.80. The van der Waals surface area contributed by atoms with E-state index < -0.39 is 0 Å². The highest BCUT2D eigenvalue weighted by atomic mass is 16.5. The van der Waals surface area contributed by atoms with Gasteiger partial charge in [0.2, 0.25) is 0 Å². The molecule has 0 saturated heterocycles. The van der Waals surface area contributed by atoms with Crippen molar-refractivity contribution < 1.29 is 9.84 Å². The molecule has 0 aliphatic carbocycles. The van der Waals surface area contributed by atoms with Crippen molar-refractivity contribution in [2.24, 2.45) is 0 Å². The highest BCUT2D eigenvalue weighted by Crippen LogP contribution is 2.06. The van der Waals surface area contributed by atoms with Gasteiger partial charge in [0.05, 0.1) is 13.2 Å². The molecule has 102 valence electrons. The second-order valence-electron chi connectivity index (χ2n) is 4.36.